The Morgan fingerprint density at radius 1 is 1.36 bits per heavy atom. The van der Waals surface area contributed by atoms with E-state index in [0.717, 1.165) is 43.4 Å². The van der Waals surface area contributed by atoms with E-state index < -0.39 is 0 Å². The van der Waals surface area contributed by atoms with Gasteiger partial charge in [-0.1, -0.05) is 12.1 Å². The second kappa shape index (κ2) is 6.48. The molecule has 4 heteroatoms. The third-order valence-corrected chi connectivity index (χ3v) is 4.68. The van der Waals surface area contributed by atoms with Gasteiger partial charge in [0.15, 0.2) is 0 Å². The van der Waals surface area contributed by atoms with E-state index in [1.54, 1.807) is 0 Å². The van der Waals surface area contributed by atoms with Gasteiger partial charge in [-0.05, 0) is 49.7 Å². The van der Waals surface area contributed by atoms with E-state index in [2.05, 4.69) is 10.9 Å². The lowest BCUT2D eigenvalue weighted by molar-refractivity contribution is 0.0165. The highest BCUT2D eigenvalue weighted by Crippen LogP contribution is 2.40. The van der Waals surface area contributed by atoms with Crippen LogP contribution in [0, 0.1) is 24.8 Å². The van der Waals surface area contributed by atoms with Crippen LogP contribution in [-0.4, -0.2) is 25.4 Å². The molecule has 1 aliphatic carbocycles. The second-order valence-corrected chi connectivity index (χ2v) is 6.18. The van der Waals surface area contributed by atoms with Crippen LogP contribution >= 0.6 is 0 Å². The van der Waals surface area contributed by atoms with Gasteiger partial charge in [0.1, 0.15) is 6.10 Å². The van der Waals surface area contributed by atoms with Gasteiger partial charge in [0.05, 0.1) is 37.5 Å². The van der Waals surface area contributed by atoms with Gasteiger partial charge >= 0.3 is 0 Å². The SMILES string of the molecule is [C-]#[N+]c1c(C2CCC(OCC3CO3)CC2)ccc(C)c1C#N. The fraction of sp³-hybridized carbons (Fsp3) is 0.556. The number of hydrogen-bond donors (Lipinski definition) is 0. The smallest absolute Gasteiger partial charge is 0.208 e. The summed E-state index contributed by atoms with van der Waals surface area (Å²) >= 11 is 0. The second-order valence-electron chi connectivity index (χ2n) is 6.18. The molecule has 1 heterocycles. The maximum atomic E-state index is 9.30. The van der Waals surface area contributed by atoms with Crippen LogP contribution in [0.3, 0.4) is 0 Å². The zero-order valence-electron chi connectivity index (χ0n) is 12.8. The molecule has 0 bridgehead atoms. The fourth-order valence-electron chi connectivity index (χ4n) is 3.25. The standard InChI is InChI=1S/C18H20N2O2/c1-12-3-8-16(18(20-2)17(12)9-19)13-4-6-14(7-5-13)21-10-15-11-22-15/h3,8,13-15H,4-7,10-11H2,1H3. The van der Waals surface area contributed by atoms with Gasteiger partial charge in [0.2, 0.25) is 5.69 Å². The van der Waals surface area contributed by atoms with E-state index in [1.807, 2.05) is 19.1 Å². The van der Waals surface area contributed by atoms with E-state index in [9.17, 15) is 5.26 Å². The van der Waals surface area contributed by atoms with Crippen LogP contribution in [0.15, 0.2) is 12.1 Å². The molecular weight excluding hydrogens is 276 g/mol. The Morgan fingerprint density at radius 2 is 2.09 bits per heavy atom. The van der Waals surface area contributed by atoms with E-state index in [4.69, 9.17) is 16.0 Å². The first kappa shape index (κ1) is 15.0. The first-order valence-corrected chi connectivity index (χ1v) is 7.87. The molecule has 4 nitrogen and oxygen atoms in total. The van der Waals surface area contributed by atoms with Gasteiger partial charge in [-0.2, -0.15) is 5.26 Å². The van der Waals surface area contributed by atoms with E-state index in [-0.39, 0.29) is 0 Å². The van der Waals surface area contributed by atoms with Crippen LogP contribution in [0.4, 0.5) is 5.69 Å². The number of nitrogens with zero attached hydrogens (tertiary/aromatic N) is 2. The minimum absolute atomic E-state index is 0.317. The monoisotopic (exact) mass is 296 g/mol. The van der Waals surface area contributed by atoms with Crippen molar-refractivity contribution in [2.24, 2.45) is 0 Å². The van der Waals surface area contributed by atoms with Gasteiger partial charge < -0.3 is 9.47 Å². The Bertz CT molecular complexity index is 630. The molecule has 1 aromatic carbocycles. The third-order valence-electron chi connectivity index (χ3n) is 4.68. The Kier molecular flexibility index (Phi) is 4.43. The fourth-order valence-corrected chi connectivity index (χ4v) is 3.25. The predicted molar refractivity (Wildman–Crippen MR) is 82.8 cm³/mol. The summed E-state index contributed by atoms with van der Waals surface area (Å²) in [6, 6.07) is 6.19. The molecular formula is C18H20N2O2. The molecule has 0 amide bonds. The Labute approximate surface area is 131 Å². The summed E-state index contributed by atoms with van der Waals surface area (Å²) in [5.41, 5.74) is 3.02. The van der Waals surface area contributed by atoms with Gasteiger partial charge in [0, 0.05) is 0 Å². The summed E-state index contributed by atoms with van der Waals surface area (Å²) in [4.78, 5) is 3.64. The number of ether oxygens (including phenoxy) is 2. The van der Waals surface area contributed by atoms with E-state index >= 15 is 0 Å². The zero-order valence-corrected chi connectivity index (χ0v) is 12.8. The van der Waals surface area contributed by atoms with Crippen LogP contribution in [-0.2, 0) is 9.47 Å². The van der Waals surface area contributed by atoms with Crippen LogP contribution in [0.2, 0.25) is 0 Å². The minimum Gasteiger partial charge on any atom is -0.375 e. The number of nitriles is 1. The molecule has 1 atom stereocenters. The van der Waals surface area contributed by atoms with Crippen molar-refractivity contribution < 1.29 is 9.47 Å². The summed E-state index contributed by atoms with van der Waals surface area (Å²) < 4.78 is 11.0. The van der Waals surface area contributed by atoms with Crippen molar-refractivity contribution in [3.63, 3.8) is 0 Å². The molecule has 22 heavy (non-hydrogen) atoms. The van der Waals surface area contributed by atoms with E-state index in [0.29, 0.717) is 36.0 Å². The minimum atomic E-state index is 0.317. The van der Waals surface area contributed by atoms with Crippen molar-refractivity contribution in [2.45, 2.75) is 50.7 Å². The molecule has 114 valence electrons. The number of hydrogen-bond acceptors (Lipinski definition) is 3. The molecule has 1 saturated carbocycles. The van der Waals surface area contributed by atoms with Gasteiger partial charge in [-0.25, -0.2) is 4.85 Å². The molecule has 1 aromatic rings. The molecule has 0 N–H and O–H groups in total. The summed E-state index contributed by atoms with van der Waals surface area (Å²) in [6.45, 7) is 10.9. The Balaban J connectivity index is 1.68. The topological polar surface area (TPSA) is 49.9 Å². The number of epoxide rings is 1. The van der Waals surface area contributed by atoms with Crippen molar-refractivity contribution in [3.8, 4) is 6.07 Å². The Hall–Kier alpha value is -1.88. The number of aryl methyl sites for hydroxylation is 1. The largest absolute Gasteiger partial charge is 0.375 e. The summed E-state index contributed by atoms with van der Waals surface area (Å²) in [5.74, 6) is 0.369. The average Bonchev–Trinajstić information content (AvgIpc) is 3.37. The average molecular weight is 296 g/mol. The molecule has 3 rings (SSSR count). The molecule has 0 aromatic heterocycles. The predicted octanol–water partition coefficient (Wildman–Crippen LogP) is 3.86. The van der Waals surface area contributed by atoms with E-state index in [1.165, 1.54) is 0 Å². The molecule has 0 radical (unpaired) electrons. The third kappa shape index (κ3) is 3.14. The molecule has 1 saturated heterocycles. The van der Waals surface area contributed by atoms with Crippen LogP contribution in [0.5, 0.6) is 0 Å². The maximum Gasteiger partial charge on any atom is 0.208 e. The molecule has 2 fully saturated rings. The molecule has 0 spiro atoms. The van der Waals surface area contributed by atoms with Gasteiger partial charge in [-0.15, -0.1) is 0 Å². The van der Waals surface area contributed by atoms with Crippen molar-refractivity contribution in [3.05, 3.63) is 40.2 Å². The highest BCUT2D eigenvalue weighted by molar-refractivity contribution is 5.67. The van der Waals surface area contributed by atoms with Crippen LogP contribution in [0.25, 0.3) is 4.85 Å². The van der Waals surface area contributed by atoms with Crippen LogP contribution < -0.4 is 0 Å². The quantitative estimate of drug-likeness (QED) is 0.626. The van der Waals surface area contributed by atoms with Crippen LogP contribution in [0.1, 0.15) is 48.3 Å². The highest BCUT2D eigenvalue weighted by atomic mass is 16.6. The summed E-state index contributed by atoms with van der Waals surface area (Å²) in [7, 11) is 0. The summed E-state index contributed by atoms with van der Waals surface area (Å²) in [6.07, 6.45) is 4.72. The van der Waals surface area contributed by atoms with Crippen molar-refractivity contribution in [2.75, 3.05) is 13.2 Å². The maximum absolute atomic E-state index is 9.30. The van der Waals surface area contributed by atoms with Crippen molar-refractivity contribution >= 4 is 5.69 Å². The number of rotatable bonds is 4. The van der Waals surface area contributed by atoms with Crippen molar-refractivity contribution in [1.29, 1.82) is 5.26 Å². The highest BCUT2D eigenvalue weighted by Gasteiger charge is 2.28. The van der Waals surface area contributed by atoms with Gasteiger partial charge in [-0.3, -0.25) is 0 Å². The normalized spacial score (nSPS) is 27.0. The lowest BCUT2D eigenvalue weighted by Gasteiger charge is -2.29. The first-order valence-electron chi connectivity index (χ1n) is 7.87. The number of benzene rings is 1. The van der Waals surface area contributed by atoms with Crippen molar-refractivity contribution in [1.82, 2.24) is 0 Å². The Morgan fingerprint density at radius 3 is 2.68 bits per heavy atom. The molecule has 2 aliphatic rings. The summed E-state index contributed by atoms with van der Waals surface area (Å²) in [5, 5.41) is 9.30. The molecule has 1 unspecified atom stereocenters. The first-order chi connectivity index (χ1) is 10.7. The lowest BCUT2D eigenvalue weighted by atomic mass is 9.81. The zero-order chi connectivity index (χ0) is 15.5. The van der Waals surface area contributed by atoms with Gasteiger partial charge in [0.25, 0.3) is 0 Å². The molecule has 1 aliphatic heterocycles. The lowest BCUT2D eigenvalue weighted by Crippen LogP contribution is -2.22.